The van der Waals surface area contributed by atoms with Gasteiger partial charge < -0.3 is 19.9 Å². The topological polar surface area (TPSA) is 61.9 Å². The number of fused-ring (bicyclic) bond motifs is 1. The molecule has 3 amide bonds. The summed E-state index contributed by atoms with van der Waals surface area (Å²) in [5, 5.41) is 4.90. The van der Waals surface area contributed by atoms with Gasteiger partial charge in [0.2, 0.25) is 5.91 Å². The van der Waals surface area contributed by atoms with E-state index in [1.54, 1.807) is 16.2 Å². The minimum atomic E-state index is -0.466. The van der Waals surface area contributed by atoms with Crippen LogP contribution in [0.25, 0.3) is 0 Å². The van der Waals surface area contributed by atoms with E-state index in [1.165, 1.54) is 10.4 Å². The molecule has 0 fully saturated rings. The standard InChI is InChI=1S/C24H33N3O3S/c1-6-25-23(29)27(24(3,4)5)15-22(28)26-13-11-21-19(12-14-31-21)20(26)16-30-18-9-7-17(2)8-10-18/h7-10,12,14,20H,6,11,13,15-16H2,1-5H3,(H,25,29)/t20-/m1/s1. The predicted octanol–water partition coefficient (Wildman–Crippen LogP) is 4.39. The highest BCUT2D eigenvalue weighted by molar-refractivity contribution is 7.10. The lowest BCUT2D eigenvalue weighted by Crippen LogP contribution is -2.55. The molecule has 1 N–H and O–H groups in total. The molecule has 1 aromatic heterocycles. The molecule has 168 valence electrons. The first-order chi connectivity index (χ1) is 14.7. The number of benzene rings is 1. The van der Waals surface area contributed by atoms with Crippen molar-refractivity contribution in [2.24, 2.45) is 0 Å². The number of ether oxygens (including phenoxy) is 1. The van der Waals surface area contributed by atoms with Crippen LogP contribution in [0.15, 0.2) is 35.7 Å². The van der Waals surface area contributed by atoms with Crippen LogP contribution in [0.2, 0.25) is 0 Å². The van der Waals surface area contributed by atoms with E-state index in [9.17, 15) is 9.59 Å². The van der Waals surface area contributed by atoms with E-state index >= 15 is 0 Å². The molecule has 31 heavy (non-hydrogen) atoms. The van der Waals surface area contributed by atoms with Crippen LogP contribution < -0.4 is 10.1 Å². The van der Waals surface area contributed by atoms with Gasteiger partial charge in [-0.25, -0.2) is 4.79 Å². The van der Waals surface area contributed by atoms with E-state index in [4.69, 9.17) is 4.74 Å². The van der Waals surface area contributed by atoms with E-state index < -0.39 is 5.54 Å². The minimum Gasteiger partial charge on any atom is -0.491 e. The molecule has 3 rings (SSSR count). The van der Waals surface area contributed by atoms with Crippen LogP contribution in [0.1, 0.15) is 49.7 Å². The summed E-state index contributed by atoms with van der Waals surface area (Å²) in [4.78, 5) is 30.8. The molecule has 6 nitrogen and oxygen atoms in total. The number of thiophene rings is 1. The highest BCUT2D eigenvalue weighted by Gasteiger charge is 2.35. The maximum Gasteiger partial charge on any atom is 0.318 e. The van der Waals surface area contributed by atoms with Crippen LogP contribution >= 0.6 is 11.3 Å². The maximum absolute atomic E-state index is 13.4. The van der Waals surface area contributed by atoms with Crippen LogP contribution in [0.4, 0.5) is 4.79 Å². The Hall–Kier alpha value is -2.54. The van der Waals surface area contributed by atoms with Gasteiger partial charge in [0.15, 0.2) is 0 Å². The minimum absolute atomic E-state index is 0.0375. The first-order valence-electron chi connectivity index (χ1n) is 10.8. The van der Waals surface area contributed by atoms with Gasteiger partial charge in [-0.2, -0.15) is 0 Å². The molecule has 0 aliphatic carbocycles. The monoisotopic (exact) mass is 443 g/mol. The van der Waals surface area contributed by atoms with Crippen molar-refractivity contribution in [3.63, 3.8) is 0 Å². The van der Waals surface area contributed by atoms with Crippen LogP contribution in [-0.4, -0.2) is 53.5 Å². The zero-order chi connectivity index (χ0) is 22.6. The lowest BCUT2D eigenvalue weighted by molar-refractivity contribution is -0.136. The third kappa shape index (κ3) is 5.58. The molecule has 0 radical (unpaired) electrons. The fourth-order valence-electron chi connectivity index (χ4n) is 3.77. The van der Waals surface area contributed by atoms with Crippen molar-refractivity contribution in [2.75, 3.05) is 26.2 Å². The smallest absolute Gasteiger partial charge is 0.318 e. The van der Waals surface area contributed by atoms with Crippen molar-refractivity contribution in [1.82, 2.24) is 15.1 Å². The number of rotatable bonds is 6. The Balaban J connectivity index is 1.79. The fourth-order valence-corrected chi connectivity index (χ4v) is 4.70. The number of carbonyl (C=O) groups is 2. The number of nitrogens with zero attached hydrogens (tertiary/aromatic N) is 2. The first kappa shape index (κ1) is 23.1. The van der Waals surface area contributed by atoms with E-state index in [2.05, 4.69) is 16.8 Å². The second-order valence-corrected chi connectivity index (χ2v) is 9.87. The van der Waals surface area contributed by atoms with Gasteiger partial charge in [-0.05, 0) is 70.2 Å². The quantitative estimate of drug-likeness (QED) is 0.720. The van der Waals surface area contributed by atoms with Gasteiger partial charge in [0.25, 0.3) is 0 Å². The van der Waals surface area contributed by atoms with Gasteiger partial charge in [-0.15, -0.1) is 11.3 Å². The molecule has 0 bridgehead atoms. The van der Waals surface area contributed by atoms with Crippen molar-refractivity contribution >= 4 is 23.3 Å². The maximum atomic E-state index is 13.4. The summed E-state index contributed by atoms with van der Waals surface area (Å²) in [7, 11) is 0. The van der Waals surface area contributed by atoms with Gasteiger partial charge >= 0.3 is 6.03 Å². The molecule has 1 aliphatic rings. The van der Waals surface area contributed by atoms with Crippen LogP contribution in [0.3, 0.4) is 0 Å². The molecule has 2 aromatic rings. The van der Waals surface area contributed by atoms with E-state index in [0.717, 1.165) is 17.7 Å². The summed E-state index contributed by atoms with van der Waals surface area (Å²) < 4.78 is 6.08. The normalized spacial score (nSPS) is 15.9. The van der Waals surface area contributed by atoms with E-state index in [0.29, 0.717) is 19.7 Å². The average Bonchev–Trinajstić information content (AvgIpc) is 3.19. The van der Waals surface area contributed by atoms with Crippen molar-refractivity contribution in [3.8, 4) is 5.75 Å². The number of urea groups is 1. The van der Waals surface area contributed by atoms with Crippen molar-refractivity contribution in [2.45, 2.75) is 52.6 Å². The third-order valence-electron chi connectivity index (χ3n) is 5.52. The Morgan fingerprint density at radius 1 is 1.23 bits per heavy atom. The number of carbonyl (C=O) groups excluding carboxylic acids is 2. The molecule has 0 unspecified atom stereocenters. The molecule has 1 aromatic carbocycles. The molecular weight excluding hydrogens is 410 g/mol. The summed E-state index contributed by atoms with van der Waals surface area (Å²) >= 11 is 1.73. The zero-order valence-electron chi connectivity index (χ0n) is 19.1. The molecular formula is C24H33N3O3S. The molecule has 0 saturated heterocycles. The summed E-state index contributed by atoms with van der Waals surface area (Å²) in [6, 6.07) is 9.65. The largest absolute Gasteiger partial charge is 0.491 e. The third-order valence-corrected chi connectivity index (χ3v) is 6.52. The summed E-state index contributed by atoms with van der Waals surface area (Å²) in [6.45, 7) is 11.3. The van der Waals surface area contributed by atoms with Gasteiger partial charge in [-0.3, -0.25) is 4.79 Å². The second kappa shape index (κ2) is 9.73. The highest BCUT2D eigenvalue weighted by Crippen LogP contribution is 2.34. The predicted molar refractivity (Wildman–Crippen MR) is 125 cm³/mol. The molecule has 1 atom stereocenters. The number of amides is 3. The Labute approximate surface area is 189 Å². The van der Waals surface area contributed by atoms with Crippen molar-refractivity contribution < 1.29 is 14.3 Å². The number of aryl methyl sites for hydroxylation is 1. The van der Waals surface area contributed by atoms with Crippen LogP contribution in [0.5, 0.6) is 5.75 Å². The molecule has 1 aliphatic heterocycles. The van der Waals surface area contributed by atoms with Crippen LogP contribution in [0, 0.1) is 6.92 Å². The second-order valence-electron chi connectivity index (χ2n) is 8.87. The Morgan fingerprint density at radius 2 is 1.94 bits per heavy atom. The van der Waals surface area contributed by atoms with Gasteiger partial charge in [0.1, 0.15) is 18.9 Å². The first-order valence-corrected chi connectivity index (χ1v) is 11.7. The Morgan fingerprint density at radius 3 is 2.58 bits per heavy atom. The fraction of sp³-hybridized carbons (Fsp3) is 0.500. The Kier molecular flexibility index (Phi) is 7.26. The summed E-state index contributed by atoms with van der Waals surface area (Å²) in [5.41, 5.74) is 1.86. The lowest BCUT2D eigenvalue weighted by atomic mass is 10.00. The summed E-state index contributed by atoms with van der Waals surface area (Å²) in [6.07, 6.45) is 0.830. The molecule has 0 saturated carbocycles. The molecule has 0 spiro atoms. The van der Waals surface area contributed by atoms with Crippen molar-refractivity contribution in [1.29, 1.82) is 0 Å². The van der Waals surface area contributed by atoms with Gasteiger partial charge in [0.05, 0.1) is 6.04 Å². The molecule has 7 heteroatoms. The van der Waals surface area contributed by atoms with E-state index in [1.807, 2.05) is 63.8 Å². The lowest BCUT2D eigenvalue weighted by Gasteiger charge is -2.40. The zero-order valence-corrected chi connectivity index (χ0v) is 19.9. The number of hydrogen-bond acceptors (Lipinski definition) is 4. The highest BCUT2D eigenvalue weighted by atomic mass is 32.1. The van der Waals surface area contributed by atoms with Gasteiger partial charge in [-0.1, -0.05) is 17.7 Å². The average molecular weight is 444 g/mol. The number of hydrogen-bond donors (Lipinski definition) is 1. The van der Waals surface area contributed by atoms with Crippen molar-refractivity contribution in [3.05, 3.63) is 51.7 Å². The Bertz CT molecular complexity index is 902. The molecule has 2 heterocycles. The van der Waals surface area contributed by atoms with Gasteiger partial charge in [0, 0.05) is 23.5 Å². The van der Waals surface area contributed by atoms with E-state index in [-0.39, 0.29) is 24.5 Å². The number of nitrogens with one attached hydrogen (secondary N) is 1. The summed E-state index contributed by atoms with van der Waals surface area (Å²) in [5.74, 6) is 0.731. The van der Waals surface area contributed by atoms with Crippen LogP contribution in [-0.2, 0) is 11.2 Å². The SMILES string of the molecule is CCNC(=O)N(CC(=O)N1CCc2sccc2[C@H]1COc1ccc(C)cc1)C(C)(C)C.